The van der Waals surface area contributed by atoms with Gasteiger partial charge in [0.1, 0.15) is 17.7 Å². The summed E-state index contributed by atoms with van der Waals surface area (Å²) in [6.07, 6.45) is 3.35. The van der Waals surface area contributed by atoms with E-state index in [0.29, 0.717) is 11.4 Å². The molecule has 3 aliphatic heterocycles. The number of morpholine rings is 1. The van der Waals surface area contributed by atoms with Gasteiger partial charge in [-0.1, -0.05) is 0 Å². The first-order chi connectivity index (χ1) is 14.2. The second-order valence-corrected chi connectivity index (χ2v) is 8.14. The number of nitrogens with zero attached hydrogens (tertiary/aromatic N) is 4. The topological polar surface area (TPSA) is 85.7 Å². The number of aromatic nitrogens is 1. The number of ether oxygens (including phenoxy) is 2. The average molecular weight is 401 g/mol. The first kappa shape index (κ1) is 20.4. The Kier molecular flexibility index (Phi) is 6.82. The van der Waals surface area contributed by atoms with Gasteiger partial charge in [0.2, 0.25) is 0 Å². The van der Waals surface area contributed by atoms with E-state index in [1.165, 1.54) is 0 Å². The third-order valence-corrected chi connectivity index (χ3v) is 6.04. The monoisotopic (exact) mass is 400 g/mol. The maximum absolute atomic E-state index is 9.87. The van der Waals surface area contributed by atoms with Crippen molar-refractivity contribution in [2.45, 2.75) is 31.9 Å². The molecule has 1 atom stereocenters. The van der Waals surface area contributed by atoms with Gasteiger partial charge < -0.3 is 25.0 Å². The summed E-state index contributed by atoms with van der Waals surface area (Å²) in [5.41, 5.74) is 3.01. The maximum atomic E-state index is 9.87. The zero-order valence-electron chi connectivity index (χ0n) is 17.4. The molecule has 3 aliphatic rings. The average Bonchev–Trinajstić information content (AvgIpc) is 3.26. The van der Waals surface area contributed by atoms with Crippen LogP contribution in [0.5, 0.6) is 0 Å². The number of fused-ring (bicyclic) bond motifs is 1. The molecule has 0 aromatic carbocycles. The smallest absolute Gasteiger partial charge is 0.146 e. The SMILES string of the molecule is CN1CCc2c(C#N)c(NCCN3CCOCC3)nc(NCC3CCCO3)c2C1. The van der Waals surface area contributed by atoms with Crippen LogP contribution in [0.15, 0.2) is 0 Å². The number of hydrogen-bond acceptors (Lipinski definition) is 8. The zero-order valence-corrected chi connectivity index (χ0v) is 17.4. The van der Waals surface area contributed by atoms with Crippen LogP contribution in [0.3, 0.4) is 0 Å². The molecule has 4 heterocycles. The largest absolute Gasteiger partial charge is 0.379 e. The fourth-order valence-corrected chi connectivity index (χ4v) is 4.34. The zero-order chi connectivity index (χ0) is 20.1. The molecule has 4 rings (SSSR count). The number of hydrogen-bond donors (Lipinski definition) is 2. The van der Waals surface area contributed by atoms with Gasteiger partial charge in [-0.15, -0.1) is 0 Å². The minimum Gasteiger partial charge on any atom is -0.379 e. The summed E-state index contributed by atoms with van der Waals surface area (Å²) in [7, 11) is 2.12. The minimum atomic E-state index is 0.252. The van der Waals surface area contributed by atoms with Gasteiger partial charge in [0.25, 0.3) is 0 Å². The van der Waals surface area contributed by atoms with Crippen LogP contribution in [0, 0.1) is 11.3 Å². The molecule has 0 bridgehead atoms. The normalized spacial score (nSPS) is 22.8. The number of likely N-dealkylation sites (N-methyl/N-ethyl adjacent to an activating group) is 1. The van der Waals surface area contributed by atoms with Crippen LogP contribution in [0.4, 0.5) is 11.6 Å². The molecule has 2 saturated heterocycles. The first-order valence-electron chi connectivity index (χ1n) is 10.8. The molecule has 1 unspecified atom stereocenters. The Morgan fingerprint density at radius 2 is 2.00 bits per heavy atom. The molecule has 0 radical (unpaired) electrons. The second kappa shape index (κ2) is 9.72. The molecule has 1 aromatic rings. The Morgan fingerprint density at radius 1 is 1.14 bits per heavy atom. The first-order valence-corrected chi connectivity index (χ1v) is 10.8. The predicted octanol–water partition coefficient (Wildman–Crippen LogP) is 1.28. The van der Waals surface area contributed by atoms with E-state index in [1.54, 1.807) is 0 Å². The highest BCUT2D eigenvalue weighted by molar-refractivity contribution is 5.66. The summed E-state index contributed by atoms with van der Waals surface area (Å²) in [6, 6.07) is 2.42. The van der Waals surface area contributed by atoms with Crippen LogP contribution in [0.1, 0.15) is 29.5 Å². The Balaban J connectivity index is 1.51. The molecule has 8 heteroatoms. The number of nitriles is 1. The molecule has 2 fully saturated rings. The lowest BCUT2D eigenvalue weighted by Gasteiger charge is -2.29. The summed E-state index contributed by atoms with van der Waals surface area (Å²) in [5.74, 6) is 1.61. The summed E-state index contributed by atoms with van der Waals surface area (Å²) >= 11 is 0. The number of rotatable bonds is 7. The molecule has 0 amide bonds. The van der Waals surface area contributed by atoms with Crippen molar-refractivity contribution in [2.24, 2.45) is 0 Å². The van der Waals surface area contributed by atoms with E-state index in [9.17, 15) is 5.26 Å². The van der Waals surface area contributed by atoms with Crippen molar-refractivity contribution in [3.63, 3.8) is 0 Å². The fraction of sp³-hybridized carbons (Fsp3) is 0.714. The molecule has 0 spiro atoms. The Bertz CT molecular complexity index is 738. The summed E-state index contributed by atoms with van der Waals surface area (Å²) in [5, 5.41) is 16.8. The number of anilines is 2. The van der Waals surface area contributed by atoms with Gasteiger partial charge in [-0.3, -0.25) is 4.90 Å². The lowest BCUT2D eigenvalue weighted by Crippen LogP contribution is -2.39. The minimum absolute atomic E-state index is 0.252. The van der Waals surface area contributed by atoms with Crippen LogP contribution in [0.2, 0.25) is 0 Å². The fourth-order valence-electron chi connectivity index (χ4n) is 4.34. The van der Waals surface area contributed by atoms with Crippen molar-refractivity contribution >= 4 is 11.6 Å². The van der Waals surface area contributed by atoms with Crippen LogP contribution in [-0.2, 0) is 22.4 Å². The highest BCUT2D eigenvalue weighted by Crippen LogP contribution is 2.31. The maximum Gasteiger partial charge on any atom is 0.146 e. The van der Waals surface area contributed by atoms with Gasteiger partial charge in [0.05, 0.1) is 24.9 Å². The van der Waals surface area contributed by atoms with Gasteiger partial charge in [0.15, 0.2) is 0 Å². The van der Waals surface area contributed by atoms with Crippen molar-refractivity contribution in [1.82, 2.24) is 14.8 Å². The lowest BCUT2D eigenvalue weighted by atomic mass is 9.96. The van der Waals surface area contributed by atoms with Crippen LogP contribution < -0.4 is 10.6 Å². The Hall–Kier alpha value is -1.92. The molecule has 29 heavy (non-hydrogen) atoms. The van der Waals surface area contributed by atoms with Gasteiger partial charge in [-0.05, 0) is 31.9 Å². The van der Waals surface area contributed by atoms with E-state index in [2.05, 4.69) is 33.6 Å². The van der Waals surface area contributed by atoms with Crippen molar-refractivity contribution in [3.8, 4) is 6.07 Å². The van der Waals surface area contributed by atoms with E-state index in [-0.39, 0.29) is 6.10 Å². The molecule has 158 valence electrons. The van der Waals surface area contributed by atoms with Crippen LogP contribution in [-0.4, -0.2) is 87.0 Å². The number of nitrogens with one attached hydrogen (secondary N) is 2. The molecule has 0 aliphatic carbocycles. The van der Waals surface area contributed by atoms with Crippen LogP contribution >= 0.6 is 0 Å². The molecular formula is C21H32N6O2. The highest BCUT2D eigenvalue weighted by Gasteiger charge is 2.25. The van der Waals surface area contributed by atoms with Crippen molar-refractivity contribution < 1.29 is 9.47 Å². The quantitative estimate of drug-likeness (QED) is 0.708. The molecule has 2 N–H and O–H groups in total. The Labute approximate surface area is 173 Å². The van der Waals surface area contributed by atoms with E-state index >= 15 is 0 Å². The van der Waals surface area contributed by atoms with Crippen molar-refractivity contribution in [1.29, 1.82) is 5.26 Å². The standard InChI is InChI=1S/C21H32N6O2/c1-26-6-4-17-18(13-22)20(23-5-7-27-8-11-28-12-9-27)25-21(19(17)15-26)24-14-16-3-2-10-29-16/h16H,2-12,14-15H2,1H3,(H2,23,24,25). The van der Waals surface area contributed by atoms with Crippen molar-refractivity contribution in [3.05, 3.63) is 16.7 Å². The third-order valence-electron chi connectivity index (χ3n) is 6.04. The Morgan fingerprint density at radius 3 is 2.76 bits per heavy atom. The third kappa shape index (κ3) is 4.98. The van der Waals surface area contributed by atoms with Gasteiger partial charge in [-0.2, -0.15) is 5.26 Å². The molecular weight excluding hydrogens is 368 g/mol. The second-order valence-electron chi connectivity index (χ2n) is 8.14. The van der Waals surface area contributed by atoms with Gasteiger partial charge >= 0.3 is 0 Å². The summed E-state index contributed by atoms with van der Waals surface area (Å²) in [6.45, 7) is 8.61. The van der Waals surface area contributed by atoms with Crippen LogP contribution in [0.25, 0.3) is 0 Å². The lowest BCUT2D eigenvalue weighted by molar-refractivity contribution is 0.0398. The number of pyridine rings is 1. The van der Waals surface area contributed by atoms with E-state index < -0.39 is 0 Å². The summed E-state index contributed by atoms with van der Waals surface area (Å²) < 4.78 is 11.2. The molecule has 1 aromatic heterocycles. The molecule has 0 saturated carbocycles. The highest BCUT2D eigenvalue weighted by atomic mass is 16.5. The van der Waals surface area contributed by atoms with Gasteiger partial charge in [-0.25, -0.2) is 4.98 Å². The molecule has 8 nitrogen and oxygen atoms in total. The summed E-state index contributed by atoms with van der Waals surface area (Å²) in [4.78, 5) is 9.53. The van der Waals surface area contributed by atoms with Crippen molar-refractivity contribution in [2.75, 3.05) is 76.8 Å². The van der Waals surface area contributed by atoms with Gasteiger partial charge in [0, 0.05) is 58.0 Å². The predicted molar refractivity (Wildman–Crippen MR) is 112 cm³/mol. The van der Waals surface area contributed by atoms with E-state index in [0.717, 1.165) is 102 Å². The van der Waals surface area contributed by atoms with E-state index in [1.807, 2.05) is 0 Å². The van der Waals surface area contributed by atoms with E-state index in [4.69, 9.17) is 14.5 Å².